The first-order chi connectivity index (χ1) is 18.7. The van der Waals surface area contributed by atoms with Crippen molar-refractivity contribution in [1.82, 2.24) is 4.98 Å². The van der Waals surface area contributed by atoms with Crippen molar-refractivity contribution in [2.75, 3.05) is 11.9 Å². The second-order valence-corrected chi connectivity index (χ2v) is 12.4. The van der Waals surface area contributed by atoms with Crippen molar-refractivity contribution in [1.29, 1.82) is 0 Å². The van der Waals surface area contributed by atoms with Gasteiger partial charge in [-0.05, 0) is 67.2 Å². The summed E-state index contributed by atoms with van der Waals surface area (Å²) in [5.41, 5.74) is 5.96. The Morgan fingerprint density at radius 3 is 2.51 bits per heavy atom. The molecular formula is C33H36N2O3S. The van der Waals surface area contributed by atoms with Gasteiger partial charge in [-0.15, -0.1) is 11.3 Å². The number of aryl methyl sites for hydroxylation is 1. The number of esters is 1. The van der Waals surface area contributed by atoms with Crippen molar-refractivity contribution in [2.45, 2.75) is 60.3 Å². The maximum absolute atomic E-state index is 13.9. The molecule has 0 aliphatic heterocycles. The first-order valence-electron chi connectivity index (χ1n) is 13.8. The van der Waals surface area contributed by atoms with Gasteiger partial charge in [-0.2, -0.15) is 0 Å². The van der Waals surface area contributed by atoms with Gasteiger partial charge < -0.3 is 10.1 Å². The summed E-state index contributed by atoms with van der Waals surface area (Å²) in [5.74, 6) is -0.0969. The zero-order valence-electron chi connectivity index (χ0n) is 23.4. The lowest BCUT2D eigenvalue weighted by molar-refractivity contribution is 0.0526. The molecular weight excluding hydrogens is 504 g/mol. The number of rotatable bonds is 6. The number of nitrogens with zero attached hydrogens (tertiary/aromatic N) is 1. The van der Waals surface area contributed by atoms with Crippen LogP contribution in [-0.4, -0.2) is 23.5 Å². The Kier molecular flexibility index (Phi) is 7.59. The Bertz CT molecular complexity index is 1530. The van der Waals surface area contributed by atoms with Crippen molar-refractivity contribution in [3.8, 4) is 11.3 Å². The van der Waals surface area contributed by atoms with Crippen LogP contribution >= 0.6 is 11.3 Å². The molecule has 39 heavy (non-hydrogen) atoms. The zero-order chi connectivity index (χ0) is 27.7. The predicted octanol–water partition coefficient (Wildman–Crippen LogP) is 8.11. The standard InChI is InChI=1S/C33H36N2O3S/c1-6-20-12-14-21(15-13-20)27-19-25(23-10-8-9-11-26(23)34-27)30(36)35-31-29(32(37)38-7-2)24-17-16-22(33(3,4)5)18-28(24)39-31/h8-15,19,22H,6-7,16-18H2,1-5H3,(H,35,36). The summed E-state index contributed by atoms with van der Waals surface area (Å²) >= 11 is 1.52. The molecule has 0 bridgehead atoms. The highest BCUT2D eigenvalue weighted by molar-refractivity contribution is 7.17. The number of thiophene rings is 1. The molecule has 1 amide bonds. The Labute approximate surface area is 234 Å². The van der Waals surface area contributed by atoms with Gasteiger partial charge in [0.1, 0.15) is 5.00 Å². The number of carbonyl (C=O) groups excluding carboxylic acids is 2. The number of fused-ring (bicyclic) bond motifs is 2. The van der Waals surface area contributed by atoms with Gasteiger partial charge >= 0.3 is 5.97 Å². The highest BCUT2D eigenvalue weighted by Crippen LogP contribution is 2.44. The molecule has 0 spiro atoms. The highest BCUT2D eigenvalue weighted by Gasteiger charge is 2.34. The molecule has 5 nitrogen and oxygen atoms in total. The van der Waals surface area contributed by atoms with E-state index in [2.05, 4.69) is 57.3 Å². The molecule has 0 fully saturated rings. The number of hydrogen-bond acceptors (Lipinski definition) is 5. The van der Waals surface area contributed by atoms with Gasteiger partial charge in [-0.25, -0.2) is 9.78 Å². The van der Waals surface area contributed by atoms with Gasteiger partial charge in [0.25, 0.3) is 5.91 Å². The lowest BCUT2D eigenvalue weighted by Gasteiger charge is -2.33. The van der Waals surface area contributed by atoms with Gasteiger partial charge in [0.2, 0.25) is 0 Å². The lowest BCUT2D eigenvalue weighted by Crippen LogP contribution is -2.26. The molecule has 202 valence electrons. The van der Waals surface area contributed by atoms with Crippen LogP contribution in [0.2, 0.25) is 0 Å². The number of aromatic nitrogens is 1. The molecule has 2 aromatic carbocycles. The fraction of sp³-hybridized carbons (Fsp3) is 0.364. The molecule has 1 aliphatic rings. The van der Waals surface area contributed by atoms with Crippen LogP contribution < -0.4 is 5.32 Å². The smallest absolute Gasteiger partial charge is 0.341 e. The van der Waals surface area contributed by atoms with Crippen LogP contribution in [0.15, 0.2) is 54.6 Å². The third-order valence-corrected chi connectivity index (χ3v) is 8.99. The van der Waals surface area contributed by atoms with Crippen LogP contribution in [0.5, 0.6) is 0 Å². The molecule has 6 heteroatoms. The van der Waals surface area contributed by atoms with Crippen LogP contribution in [0.25, 0.3) is 22.2 Å². The van der Waals surface area contributed by atoms with Crippen LogP contribution in [0.1, 0.15) is 77.8 Å². The summed E-state index contributed by atoms with van der Waals surface area (Å²) in [5, 5.41) is 4.47. The Hall–Kier alpha value is -3.51. The Morgan fingerprint density at radius 1 is 1.08 bits per heavy atom. The number of pyridine rings is 1. The molecule has 4 aromatic rings. The summed E-state index contributed by atoms with van der Waals surface area (Å²) in [7, 11) is 0. The van der Waals surface area contributed by atoms with E-state index in [1.54, 1.807) is 0 Å². The Balaban J connectivity index is 1.55. The number of para-hydroxylation sites is 1. The van der Waals surface area contributed by atoms with Gasteiger partial charge in [0.15, 0.2) is 0 Å². The van der Waals surface area contributed by atoms with E-state index in [-0.39, 0.29) is 23.9 Å². The number of nitrogens with one attached hydrogen (secondary N) is 1. The third-order valence-electron chi connectivity index (χ3n) is 7.82. The van der Waals surface area contributed by atoms with Crippen molar-refractivity contribution in [3.63, 3.8) is 0 Å². The second kappa shape index (κ2) is 10.9. The number of carbonyl (C=O) groups is 2. The van der Waals surface area contributed by atoms with Crippen LogP contribution in [0.3, 0.4) is 0 Å². The van der Waals surface area contributed by atoms with Gasteiger partial charge in [-0.3, -0.25) is 4.79 Å². The van der Waals surface area contributed by atoms with E-state index in [0.717, 1.165) is 53.4 Å². The average molecular weight is 541 g/mol. The number of ether oxygens (including phenoxy) is 1. The maximum atomic E-state index is 13.9. The summed E-state index contributed by atoms with van der Waals surface area (Å²) in [6.07, 6.45) is 3.70. The number of benzene rings is 2. The van der Waals surface area contributed by atoms with E-state index in [1.165, 1.54) is 21.8 Å². The van der Waals surface area contributed by atoms with Crippen molar-refractivity contribution in [3.05, 3.63) is 81.7 Å². The SMILES string of the molecule is CCOC(=O)c1c(NC(=O)c2cc(-c3ccc(CC)cc3)nc3ccccc23)sc2c1CCC(C(C)(C)C)C2. The van der Waals surface area contributed by atoms with Crippen LogP contribution in [0.4, 0.5) is 5.00 Å². The number of anilines is 1. The fourth-order valence-corrected chi connectivity index (χ4v) is 6.74. The monoisotopic (exact) mass is 540 g/mol. The normalized spacial score (nSPS) is 15.2. The molecule has 5 rings (SSSR count). The third kappa shape index (κ3) is 5.48. The van der Waals surface area contributed by atoms with Gasteiger partial charge in [0, 0.05) is 15.8 Å². The van der Waals surface area contributed by atoms with E-state index < -0.39 is 0 Å². The minimum absolute atomic E-state index is 0.177. The second-order valence-electron chi connectivity index (χ2n) is 11.3. The van der Waals surface area contributed by atoms with E-state index in [0.29, 0.717) is 22.0 Å². The highest BCUT2D eigenvalue weighted by atomic mass is 32.1. The fourth-order valence-electron chi connectivity index (χ4n) is 5.43. The topological polar surface area (TPSA) is 68.3 Å². The maximum Gasteiger partial charge on any atom is 0.341 e. The first-order valence-corrected chi connectivity index (χ1v) is 14.6. The number of amides is 1. The van der Waals surface area contributed by atoms with Crippen molar-refractivity contribution < 1.29 is 14.3 Å². The predicted molar refractivity (Wildman–Crippen MR) is 160 cm³/mol. The van der Waals surface area contributed by atoms with Crippen molar-refractivity contribution in [2.24, 2.45) is 11.3 Å². The largest absolute Gasteiger partial charge is 0.462 e. The molecule has 0 saturated heterocycles. The molecule has 1 N–H and O–H groups in total. The summed E-state index contributed by atoms with van der Waals surface area (Å²) in [6, 6.07) is 17.8. The van der Waals surface area contributed by atoms with Crippen LogP contribution in [0, 0.1) is 11.3 Å². The minimum atomic E-state index is -0.365. The Morgan fingerprint density at radius 2 is 1.82 bits per heavy atom. The van der Waals surface area contributed by atoms with Crippen molar-refractivity contribution >= 4 is 39.1 Å². The zero-order valence-corrected chi connectivity index (χ0v) is 24.2. The lowest BCUT2D eigenvalue weighted by atomic mass is 9.72. The molecule has 2 aromatic heterocycles. The quantitative estimate of drug-likeness (QED) is 0.251. The molecule has 2 heterocycles. The van der Waals surface area contributed by atoms with Crippen LogP contribution in [-0.2, 0) is 24.0 Å². The van der Waals surface area contributed by atoms with Gasteiger partial charge in [-0.1, -0.05) is 70.2 Å². The molecule has 0 radical (unpaired) electrons. The first kappa shape index (κ1) is 27.1. The van der Waals surface area contributed by atoms with E-state index >= 15 is 0 Å². The average Bonchev–Trinajstić information content (AvgIpc) is 3.29. The van der Waals surface area contributed by atoms with E-state index in [1.807, 2.05) is 37.3 Å². The summed E-state index contributed by atoms with van der Waals surface area (Å²) in [6.45, 7) is 11.0. The number of hydrogen-bond donors (Lipinski definition) is 1. The molecule has 1 atom stereocenters. The van der Waals surface area contributed by atoms with Gasteiger partial charge in [0.05, 0.1) is 28.9 Å². The summed E-state index contributed by atoms with van der Waals surface area (Å²) < 4.78 is 5.45. The van der Waals surface area contributed by atoms with E-state index in [4.69, 9.17) is 9.72 Å². The molecule has 1 aliphatic carbocycles. The molecule has 0 saturated carbocycles. The van der Waals surface area contributed by atoms with E-state index in [9.17, 15) is 9.59 Å². The molecule has 1 unspecified atom stereocenters. The summed E-state index contributed by atoms with van der Waals surface area (Å²) in [4.78, 5) is 33.0. The minimum Gasteiger partial charge on any atom is -0.462 e.